The minimum atomic E-state index is -0.293. The van der Waals surface area contributed by atoms with Crippen LogP contribution in [0.5, 0.6) is 0 Å². The number of piperidine rings is 1. The zero-order valence-corrected chi connectivity index (χ0v) is 14.1. The highest BCUT2D eigenvalue weighted by Gasteiger charge is 2.55. The van der Waals surface area contributed by atoms with Crippen molar-refractivity contribution in [1.29, 1.82) is 0 Å². The lowest BCUT2D eigenvalue weighted by atomic mass is 9.78. The van der Waals surface area contributed by atoms with E-state index >= 15 is 0 Å². The van der Waals surface area contributed by atoms with Crippen molar-refractivity contribution in [2.45, 2.75) is 37.9 Å². The molecule has 1 N–H and O–H groups in total. The number of methoxy groups -OCH3 is 1. The van der Waals surface area contributed by atoms with Crippen molar-refractivity contribution >= 4 is 18.3 Å². The van der Waals surface area contributed by atoms with Gasteiger partial charge in [0, 0.05) is 32.0 Å². The third-order valence-corrected chi connectivity index (χ3v) is 6.17. The van der Waals surface area contributed by atoms with E-state index in [0.717, 1.165) is 39.0 Å². The lowest BCUT2D eigenvalue weighted by Crippen LogP contribution is -2.51. The number of nitrogens with one attached hydrogen (secondary N) is 1. The molecule has 6 heteroatoms. The molecule has 22 heavy (non-hydrogen) atoms. The number of fused-ring (bicyclic) bond motifs is 5. The van der Waals surface area contributed by atoms with Gasteiger partial charge in [0.1, 0.15) is 0 Å². The zero-order valence-electron chi connectivity index (χ0n) is 13.3. The number of ether oxygens (including phenoxy) is 2. The van der Waals surface area contributed by atoms with E-state index in [9.17, 15) is 4.79 Å². The van der Waals surface area contributed by atoms with Crippen molar-refractivity contribution in [3.05, 3.63) is 0 Å². The summed E-state index contributed by atoms with van der Waals surface area (Å²) in [5.41, 5.74) is -0.293. The predicted octanol–water partition coefficient (Wildman–Crippen LogP) is 1.06. The van der Waals surface area contributed by atoms with Crippen LogP contribution in [0.2, 0.25) is 0 Å². The summed E-state index contributed by atoms with van der Waals surface area (Å²) in [7, 11) is 1.71. The molecule has 2 bridgehead atoms. The molecule has 4 fully saturated rings. The Morgan fingerprint density at radius 2 is 1.82 bits per heavy atom. The second kappa shape index (κ2) is 6.27. The van der Waals surface area contributed by atoms with Crippen LogP contribution in [0, 0.1) is 17.3 Å². The van der Waals surface area contributed by atoms with Gasteiger partial charge in [-0.25, -0.2) is 0 Å². The smallest absolute Gasteiger partial charge is 0.231 e. The number of rotatable bonds is 3. The van der Waals surface area contributed by atoms with Crippen molar-refractivity contribution < 1.29 is 14.3 Å². The number of carbonyl (C=O) groups is 1. The molecule has 0 saturated carbocycles. The van der Waals surface area contributed by atoms with E-state index in [1.807, 2.05) is 0 Å². The summed E-state index contributed by atoms with van der Waals surface area (Å²) in [6, 6.07) is 0. The van der Waals surface area contributed by atoms with Crippen LogP contribution in [-0.2, 0) is 14.3 Å². The zero-order chi connectivity index (χ0) is 14.4. The summed E-state index contributed by atoms with van der Waals surface area (Å²) < 4.78 is 11.4. The normalized spacial score (nSPS) is 38.7. The van der Waals surface area contributed by atoms with Gasteiger partial charge >= 0.3 is 0 Å². The van der Waals surface area contributed by atoms with Crippen LogP contribution in [0.15, 0.2) is 0 Å². The molecule has 0 aromatic heterocycles. The maximum Gasteiger partial charge on any atom is 0.231 e. The molecule has 4 atom stereocenters. The fraction of sp³-hybridized carbons (Fsp3) is 0.938. The number of hydrogen-bond donors (Lipinski definition) is 1. The molecule has 0 spiro atoms. The van der Waals surface area contributed by atoms with Crippen LogP contribution >= 0.6 is 12.4 Å². The van der Waals surface area contributed by atoms with Crippen LogP contribution in [0.3, 0.4) is 0 Å². The Hall–Kier alpha value is -0.360. The van der Waals surface area contributed by atoms with E-state index in [0.29, 0.717) is 36.6 Å². The standard InChI is InChI=1S/C16H26N2O3.ClH/c1-20-10-16(4-6-17-7-5-16)15(19)18-8-11-12(9-18)14-3-2-13(11)21-14;/h11-14,17H,2-10H2,1H3;1H. The molecule has 4 aliphatic heterocycles. The molecule has 0 aromatic rings. The second-order valence-corrected chi connectivity index (χ2v) is 7.29. The molecule has 0 radical (unpaired) electrons. The van der Waals surface area contributed by atoms with Gasteiger partial charge in [0.15, 0.2) is 0 Å². The van der Waals surface area contributed by atoms with E-state index < -0.39 is 0 Å². The highest BCUT2D eigenvalue weighted by molar-refractivity contribution is 5.85. The number of likely N-dealkylation sites (tertiary alicyclic amines) is 1. The average molecular weight is 331 g/mol. The van der Waals surface area contributed by atoms with Crippen molar-refractivity contribution in [2.75, 3.05) is 39.9 Å². The van der Waals surface area contributed by atoms with Crippen LogP contribution in [0.4, 0.5) is 0 Å². The van der Waals surface area contributed by atoms with Gasteiger partial charge in [0.25, 0.3) is 0 Å². The van der Waals surface area contributed by atoms with Crippen molar-refractivity contribution in [3.8, 4) is 0 Å². The summed E-state index contributed by atoms with van der Waals surface area (Å²) in [4.78, 5) is 15.3. The molecule has 4 saturated heterocycles. The number of halogens is 1. The van der Waals surface area contributed by atoms with Crippen LogP contribution in [0.25, 0.3) is 0 Å². The van der Waals surface area contributed by atoms with Crippen LogP contribution < -0.4 is 5.32 Å². The molecule has 0 aliphatic carbocycles. The topological polar surface area (TPSA) is 50.8 Å². The van der Waals surface area contributed by atoms with Gasteiger partial charge in [-0.3, -0.25) is 4.79 Å². The van der Waals surface area contributed by atoms with E-state index in [-0.39, 0.29) is 17.8 Å². The van der Waals surface area contributed by atoms with Gasteiger partial charge in [-0.05, 0) is 38.8 Å². The van der Waals surface area contributed by atoms with E-state index in [4.69, 9.17) is 9.47 Å². The molecule has 4 heterocycles. The summed E-state index contributed by atoms with van der Waals surface area (Å²) in [6.45, 7) is 4.21. The molecule has 4 aliphatic rings. The third kappa shape index (κ3) is 2.46. The first kappa shape index (κ1) is 16.5. The molecule has 4 unspecified atom stereocenters. The minimum absolute atomic E-state index is 0. The number of amides is 1. The van der Waals surface area contributed by atoms with Gasteiger partial charge in [0.05, 0.1) is 24.2 Å². The highest BCUT2D eigenvalue weighted by Crippen LogP contribution is 2.48. The van der Waals surface area contributed by atoms with Crippen molar-refractivity contribution in [2.24, 2.45) is 17.3 Å². The first-order chi connectivity index (χ1) is 10.2. The SMILES string of the molecule is COCC1(C(=O)N2CC3C4CCC(O4)C3C2)CCNCC1.Cl. The Morgan fingerprint density at radius 1 is 1.23 bits per heavy atom. The van der Waals surface area contributed by atoms with Gasteiger partial charge in [0.2, 0.25) is 5.91 Å². The maximum atomic E-state index is 13.2. The predicted molar refractivity (Wildman–Crippen MR) is 85.1 cm³/mol. The van der Waals surface area contributed by atoms with Gasteiger partial charge in [-0.2, -0.15) is 0 Å². The number of carbonyl (C=O) groups excluding carboxylic acids is 1. The van der Waals surface area contributed by atoms with Gasteiger partial charge < -0.3 is 19.7 Å². The van der Waals surface area contributed by atoms with Crippen LogP contribution in [0.1, 0.15) is 25.7 Å². The lowest BCUT2D eigenvalue weighted by Gasteiger charge is -2.38. The molecule has 5 nitrogen and oxygen atoms in total. The summed E-state index contributed by atoms with van der Waals surface area (Å²) in [5, 5.41) is 3.36. The molecule has 4 rings (SSSR count). The lowest BCUT2D eigenvalue weighted by molar-refractivity contribution is -0.147. The first-order valence-electron chi connectivity index (χ1n) is 8.38. The fourth-order valence-corrected chi connectivity index (χ4v) is 5.06. The van der Waals surface area contributed by atoms with E-state index in [1.54, 1.807) is 7.11 Å². The van der Waals surface area contributed by atoms with E-state index in [2.05, 4.69) is 10.2 Å². The monoisotopic (exact) mass is 330 g/mol. The van der Waals surface area contributed by atoms with E-state index in [1.165, 1.54) is 12.8 Å². The third-order valence-electron chi connectivity index (χ3n) is 6.17. The second-order valence-electron chi connectivity index (χ2n) is 7.29. The summed E-state index contributed by atoms with van der Waals surface area (Å²) in [6.07, 6.45) is 5.03. The maximum absolute atomic E-state index is 13.2. The van der Waals surface area contributed by atoms with Gasteiger partial charge in [-0.15, -0.1) is 12.4 Å². The van der Waals surface area contributed by atoms with Crippen LogP contribution in [-0.4, -0.2) is 62.9 Å². The van der Waals surface area contributed by atoms with Crippen molar-refractivity contribution in [3.63, 3.8) is 0 Å². The fourth-order valence-electron chi connectivity index (χ4n) is 5.06. The Labute approximate surface area is 138 Å². The van der Waals surface area contributed by atoms with Crippen molar-refractivity contribution in [1.82, 2.24) is 10.2 Å². The molecule has 0 aromatic carbocycles. The Kier molecular flexibility index (Phi) is 4.70. The minimum Gasteiger partial charge on any atom is -0.384 e. The quantitative estimate of drug-likeness (QED) is 0.840. The largest absolute Gasteiger partial charge is 0.384 e. The number of nitrogens with zero attached hydrogens (tertiary/aromatic N) is 1. The summed E-state index contributed by atoms with van der Waals surface area (Å²) >= 11 is 0. The molecule has 1 amide bonds. The molecule has 126 valence electrons. The average Bonchev–Trinajstić information content (AvgIpc) is 3.20. The summed E-state index contributed by atoms with van der Waals surface area (Å²) in [5.74, 6) is 1.52. The Bertz CT molecular complexity index is 404. The Morgan fingerprint density at radius 3 is 2.36 bits per heavy atom. The first-order valence-corrected chi connectivity index (χ1v) is 8.38. The molecular formula is C16H27ClN2O3. The Balaban J connectivity index is 0.00000144. The highest BCUT2D eigenvalue weighted by atomic mass is 35.5. The van der Waals surface area contributed by atoms with Gasteiger partial charge in [-0.1, -0.05) is 0 Å². The number of hydrogen-bond acceptors (Lipinski definition) is 4. The molecular weight excluding hydrogens is 304 g/mol.